The minimum atomic E-state index is -0.738. The molecule has 0 unspecified atom stereocenters. The Labute approximate surface area is 149 Å². The van der Waals surface area contributed by atoms with Gasteiger partial charge in [-0.15, -0.1) is 0 Å². The Morgan fingerprint density at radius 1 is 1.04 bits per heavy atom. The largest absolute Gasteiger partial charge is 0.490 e. The molecule has 6 heteroatoms. The zero-order chi connectivity index (χ0) is 17.4. The lowest BCUT2D eigenvalue weighted by Gasteiger charge is -2.14. The number of esters is 1. The Bertz CT molecular complexity index is 673. The number of nitrogens with one attached hydrogen (secondary N) is 1. The van der Waals surface area contributed by atoms with Gasteiger partial charge in [0.15, 0.2) is 0 Å². The SMILES string of the molecule is C[C@H](NC(=O)c1ccc(Br)cc1)C(=O)OCCOc1ccccc1. The van der Waals surface area contributed by atoms with Crippen molar-refractivity contribution in [2.45, 2.75) is 13.0 Å². The number of para-hydroxylation sites is 1. The van der Waals surface area contributed by atoms with Crippen LogP contribution in [-0.2, 0) is 9.53 Å². The number of halogens is 1. The van der Waals surface area contributed by atoms with E-state index in [0.717, 1.165) is 4.47 Å². The topological polar surface area (TPSA) is 64.6 Å². The Balaban J connectivity index is 1.71. The lowest BCUT2D eigenvalue weighted by molar-refractivity contribution is -0.146. The number of ether oxygens (including phenoxy) is 2. The van der Waals surface area contributed by atoms with Crippen molar-refractivity contribution >= 4 is 27.8 Å². The standard InChI is InChI=1S/C18H18BrNO4/c1-13(20-17(21)14-7-9-15(19)10-8-14)18(22)24-12-11-23-16-5-3-2-4-6-16/h2-10,13H,11-12H2,1H3,(H,20,21)/t13-/m0/s1. The molecule has 126 valence electrons. The number of carbonyl (C=O) groups excluding carboxylic acids is 2. The van der Waals surface area contributed by atoms with E-state index in [-0.39, 0.29) is 19.1 Å². The highest BCUT2D eigenvalue weighted by molar-refractivity contribution is 9.10. The highest BCUT2D eigenvalue weighted by atomic mass is 79.9. The quantitative estimate of drug-likeness (QED) is 0.581. The van der Waals surface area contributed by atoms with Crippen LogP contribution in [0.1, 0.15) is 17.3 Å². The molecule has 2 aromatic rings. The molecular formula is C18H18BrNO4. The number of hydrogen-bond donors (Lipinski definition) is 1. The predicted octanol–water partition coefficient (Wildman–Crippen LogP) is 3.19. The second-order valence-electron chi connectivity index (χ2n) is 5.03. The molecule has 0 fully saturated rings. The summed E-state index contributed by atoms with van der Waals surface area (Å²) in [6, 6.07) is 15.4. The minimum absolute atomic E-state index is 0.117. The molecule has 0 heterocycles. The van der Waals surface area contributed by atoms with Gasteiger partial charge in [-0.3, -0.25) is 4.79 Å². The van der Waals surface area contributed by atoms with Gasteiger partial charge in [0.2, 0.25) is 0 Å². The van der Waals surface area contributed by atoms with Crippen molar-refractivity contribution in [2.75, 3.05) is 13.2 Å². The molecule has 0 aromatic heterocycles. The van der Waals surface area contributed by atoms with Crippen LogP contribution in [0.15, 0.2) is 59.1 Å². The first-order valence-electron chi connectivity index (χ1n) is 7.47. The normalized spacial score (nSPS) is 11.4. The average molecular weight is 392 g/mol. The van der Waals surface area contributed by atoms with Crippen molar-refractivity contribution in [3.8, 4) is 5.75 Å². The fourth-order valence-corrected chi connectivity index (χ4v) is 2.15. The van der Waals surface area contributed by atoms with Crippen LogP contribution in [0, 0.1) is 0 Å². The maximum atomic E-state index is 12.0. The van der Waals surface area contributed by atoms with Gasteiger partial charge in [-0.1, -0.05) is 34.1 Å². The molecular weight excluding hydrogens is 374 g/mol. The molecule has 0 radical (unpaired) electrons. The maximum Gasteiger partial charge on any atom is 0.328 e. The van der Waals surface area contributed by atoms with Crippen molar-refractivity contribution in [2.24, 2.45) is 0 Å². The lowest BCUT2D eigenvalue weighted by Crippen LogP contribution is -2.39. The third kappa shape index (κ3) is 5.70. The Kier molecular flexibility index (Phi) is 6.81. The van der Waals surface area contributed by atoms with Crippen LogP contribution in [0.4, 0.5) is 0 Å². The molecule has 0 aliphatic carbocycles. The van der Waals surface area contributed by atoms with E-state index in [9.17, 15) is 9.59 Å². The zero-order valence-electron chi connectivity index (χ0n) is 13.2. The smallest absolute Gasteiger partial charge is 0.328 e. The third-order valence-electron chi connectivity index (χ3n) is 3.15. The molecule has 2 rings (SSSR count). The molecule has 24 heavy (non-hydrogen) atoms. The van der Waals surface area contributed by atoms with E-state index in [2.05, 4.69) is 21.2 Å². The molecule has 1 amide bonds. The van der Waals surface area contributed by atoms with Crippen molar-refractivity contribution in [1.82, 2.24) is 5.32 Å². The number of rotatable bonds is 7. The molecule has 1 N–H and O–H groups in total. The van der Waals surface area contributed by atoms with Gasteiger partial charge in [-0.05, 0) is 43.3 Å². The monoisotopic (exact) mass is 391 g/mol. The summed E-state index contributed by atoms with van der Waals surface area (Å²) in [7, 11) is 0. The van der Waals surface area contributed by atoms with E-state index in [4.69, 9.17) is 9.47 Å². The summed E-state index contributed by atoms with van der Waals surface area (Å²) in [6.45, 7) is 1.95. The van der Waals surface area contributed by atoms with Crippen molar-refractivity contribution < 1.29 is 19.1 Å². The number of amides is 1. The van der Waals surface area contributed by atoms with E-state index in [1.165, 1.54) is 0 Å². The van der Waals surface area contributed by atoms with Gasteiger partial charge in [0.1, 0.15) is 25.0 Å². The highest BCUT2D eigenvalue weighted by Crippen LogP contribution is 2.10. The summed E-state index contributed by atoms with van der Waals surface area (Å²) in [5.41, 5.74) is 0.477. The molecule has 0 aliphatic heterocycles. The summed E-state index contributed by atoms with van der Waals surface area (Å²) in [6.07, 6.45) is 0. The van der Waals surface area contributed by atoms with Gasteiger partial charge in [-0.2, -0.15) is 0 Å². The fourth-order valence-electron chi connectivity index (χ4n) is 1.88. The summed E-state index contributed by atoms with van der Waals surface area (Å²) in [5, 5.41) is 2.60. The van der Waals surface area contributed by atoms with Gasteiger partial charge in [-0.25, -0.2) is 4.79 Å². The summed E-state index contributed by atoms with van der Waals surface area (Å²) >= 11 is 3.30. The van der Waals surface area contributed by atoms with Crippen molar-refractivity contribution in [1.29, 1.82) is 0 Å². The van der Waals surface area contributed by atoms with E-state index in [1.54, 1.807) is 31.2 Å². The van der Waals surface area contributed by atoms with Crippen LogP contribution in [0.5, 0.6) is 5.75 Å². The first kappa shape index (κ1) is 18.0. The van der Waals surface area contributed by atoms with Crippen LogP contribution in [0.25, 0.3) is 0 Å². The van der Waals surface area contributed by atoms with Crippen LogP contribution in [-0.4, -0.2) is 31.1 Å². The van der Waals surface area contributed by atoms with Gasteiger partial charge in [0.25, 0.3) is 5.91 Å². The Morgan fingerprint density at radius 3 is 2.38 bits per heavy atom. The maximum absolute atomic E-state index is 12.0. The van der Waals surface area contributed by atoms with Crippen LogP contribution >= 0.6 is 15.9 Å². The lowest BCUT2D eigenvalue weighted by atomic mass is 10.2. The van der Waals surface area contributed by atoms with Crippen molar-refractivity contribution in [3.63, 3.8) is 0 Å². The van der Waals surface area contributed by atoms with Gasteiger partial charge < -0.3 is 14.8 Å². The highest BCUT2D eigenvalue weighted by Gasteiger charge is 2.17. The summed E-state index contributed by atoms with van der Waals surface area (Å²) < 4.78 is 11.4. The first-order chi connectivity index (χ1) is 11.6. The average Bonchev–Trinajstić information content (AvgIpc) is 2.60. The predicted molar refractivity (Wildman–Crippen MR) is 94.0 cm³/mol. The Morgan fingerprint density at radius 2 is 1.71 bits per heavy atom. The van der Waals surface area contributed by atoms with E-state index >= 15 is 0 Å². The van der Waals surface area contributed by atoms with Gasteiger partial charge in [0, 0.05) is 10.0 Å². The van der Waals surface area contributed by atoms with Gasteiger partial charge in [0.05, 0.1) is 0 Å². The Hall–Kier alpha value is -2.34. The summed E-state index contributed by atoms with van der Waals surface area (Å²) in [5.74, 6) is -0.116. The summed E-state index contributed by atoms with van der Waals surface area (Å²) in [4.78, 5) is 23.9. The molecule has 0 spiro atoms. The number of benzene rings is 2. The number of carbonyl (C=O) groups is 2. The molecule has 5 nitrogen and oxygen atoms in total. The molecule has 2 aromatic carbocycles. The van der Waals surface area contributed by atoms with E-state index < -0.39 is 12.0 Å². The van der Waals surface area contributed by atoms with E-state index in [0.29, 0.717) is 11.3 Å². The van der Waals surface area contributed by atoms with Crippen molar-refractivity contribution in [3.05, 3.63) is 64.6 Å². The minimum Gasteiger partial charge on any atom is -0.490 e. The molecule has 0 saturated carbocycles. The number of hydrogen-bond acceptors (Lipinski definition) is 4. The van der Waals surface area contributed by atoms with Crippen LogP contribution in [0.3, 0.4) is 0 Å². The third-order valence-corrected chi connectivity index (χ3v) is 3.68. The molecule has 0 bridgehead atoms. The second-order valence-corrected chi connectivity index (χ2v) is 5.95. The van der Waals surface area contributed by atoms with Crippen LogP contribution in [0.2, 0.25) is 0 Å². The van der Waals surface area contributed by atoms with E-state index in [1.807, 2.05) is 30.3 Å². The van der Waals surface area contributed by atoms with Crippen LogP contribution < -0.4 is 10.1 Å². The molecule has 0 saturated heterocycles. The molecule has 1 atom stereocenters. The first-order valence-corrected chi connectivity index (χ1v) is 8.26. The zero-order valence-corrected chi connectivity index (χ0v) is 14.8. The second kappa shape index (κ2) is 9.08. The molecule has 0 aliphatic rings. The fraction of sp³-hybridized carbons (Fsp3) is 0.222. The van der Waals surface area contributed by atoms with Gasteiger partial charge >= 0.3 is 5.97 Å².